The summed E-state index contributed by atoms with van der Waals surface area (Å²) >= 11 is 0. The molecule has 2 aromatic rings. The van der Waals surface area contributed by atoms with Crippen LogP contribution < -0.4 is 0 Å². The first-order valence-corrected chi connectivity index (χ1v) is 9.11. The average Bonchev–Trinajstić information content (AvgIpc) is 2.52. The fourth-order valence-electron chi connectivity index (χ4n) is 2.82. The van der Waals surface area contributed by atoms with Crippen LogP contribution in [0.2, 0.25) is 0 Å². The molecule has 0 radical (unpaired) electrons. The van der Waals surface area contributed by atoms with E-state index in [9.17, 15) is 5.11 Å². The van der Waals surface area contributed by atoms with Gasteiger partial charge >= 0.3 is 0 Å². The van der Waals surface area contributed by atoms with Crippen molar-refractivity contribution in [2.45, 2.75) is 65.7 Å². The topological polar surface area (TPSA) is 32.6 Å². The first kappa shape index (κ1) is 19.2. The third-order valence-corrected chi connectivity index (χ3v) is 4.52. The van der Waals surface area contributed by atoms with E-state index in [0.717, 1.165) is 16.8 Å². The van der Waals surface area contributed by atoms with E-state index in [-0.39, 0.29) is 5.41 Å². The molecule has 0 saturated heterocycles. The van der Waals surface area contributed by atoms with Gasteiger partial charge in [-0.15, -0.1) is 0 Å². The number of rotatable bonds is 4. The van der Waals surface area contributed by atoms with Crippen LogP contribution in [-0.4, -0.2) is 11.3 Å². The maximum absolute atomic E-state index is 10.6. The smallest absolute Gasteiger partial charge is 0.128 e. The lowest BCUT2D eigenvalue weighted by atomic mass is 9.85. The second-order valence-electron chi connectivity index (χ2n) is 8.42. The summed E-state index contributed by atoms with van der Waals surface area (Å²) in [6.07, 6.45) is 1.77. The molecule has 0 fully saturated rings. The van der Waals surface area contributed by atoms with Gasteiger partial charge in [0.1, 0.15) is 5.75 Å². The molecule has 2 heteroatoms. The first-order chi connectivity index (χ1) is 11.6. The van der Waals surface area contributed by atoms with Crippen molar-refractivity contribution in [1.29, 1.82) is 0 Å². The highest BCUT2D eigenvalue weighted by Gasteiger charge is 2.19. The van der Waals surface area contributed by atoms with Crippen LogP contribution in [0.25, 0.3) is 0 Å². The van der Waals surface area contributed by atoms with Crippen LogP contribution in [0.3, 0.4) is 0 Å². The number of hydrogen-bond donors (Lipinski definition) is 1. The van der Waals surface area contributed by atoms with Gasteiger partial charge in [0.25, 0.3) is 0 Å². The van der Waals surface area contributed by atoms with Gasteiger partial charge in [-0.05, 0) is 52.1 Å². The van der Waals surface area contributed by atoms with Crippen LogP contribution in [0.1, 0.15) is 82.6 Å². The lowest BCUT2D eigenvalue weighted by Gasteiger charge is -2.21. The number of aromatic hydroxyl groups is 1. The van der Waals surface area contributed by atoms with Crippen LogP contribution in [0.5, 0.6) is 5.75 Å². The van der Waals surface area contributed by atoms with Crippen LogP contribution in [0, 0.1) is 0 Å². The molecule has 0 amide bonds. The van der Waals surface area contributed by atoms with Crippen molar-refractivity contribution in [2.75, 3.05) is 0 Å². The van der Waals surface area contributed by atoms with Crippen molar-refractivity contribution in [2.24, 2.45) is 4.99 Å². The molecule has 1 N–H and O–H groups in total. The third-order valence-electron chi connectivity index (χ3n) is 4.52. The first-order valence-electron chi connectivity index (χ1n) is 9.11. The fourth-order valence-corrected chi connectivity index (χ4v) is 2.82. The van der Waals surface area contributed by atoms with Gasteiger partial charge in [-0.25, -0.2) is 0 Å². The molecule has 0 heterocycles. The Labute approximate surface area is 152 Å². The SMILES string of the molecule is CC(C)c1cc(N=Cc2cccc(C(C)(C)C)c2O)cc(C(C)C)c1. The Bertz CT molecular complexity index is 738. The molecule has 134 valence electrons. The molecule has 0 aliphatic carbocycles. The lowest BCUT2D eigenvalue weighted by molar-refractivity contribution is 0.446. The summed E-state index contributed by atoms with van der Waals surface area (Å²) in [5.74, 6) is 1.25. The van der Waals surface area contributed by atoms with Gasteiger partial charge in [0, 0.05) is 11.8 Å². The van der Waals surface area contributed by atoms with E-state index in [1.807, 2.05) is 18.2 Å². The highest BCUT2D eigenvalue weighted by Crippen LogP contribution is 2.33. The zero-order valence-electron chi connectivity index (χ0n) is 16.6. The van der Waals surface area contributed by atoms with Crippen molar-refractivity contribution in [3.05, 3.63) is 58.7 Å². The van der Waals surface area contributed by atoms with Crippen LogP contribution >= 0.6 is 0 Å². The number of para-hydroxylation sites is 1. The van der Waals surface area contributed by atoms with Gasteiger partial charge in [-0.3, -0.25) is 4.99 Å². The summed E-state index contributed by atoms with van der Waals surface area (Å²) in [7, 11) is 0. The number of hydrogen-bond acceptors (Lipinski definition) is 2. The van der Waals surface area contributed by atoms with Crippen molar-refractivity contribution >= 4 is 11.9 Å². The summed E-state index contributed by atoms with van der Waals surface area (Å²) in [6.45, 7) is 15.1. The van der Waals surface area contributed by atoms with Gasteiger partial charge < -0.3 is 5.11 Å². The van der Waals surface area contributed by atoms with E-state index in [1.54, 1.807) is 6.21 Å². The zero-order chi connectivity index (χ0) is 18.8. The van der Waals surface area contributed by atoms with E-state index in [2.05, 4.69) is 71.7 Å². The lowest BCUT2D eigenvalue weighted by Crippen LogP contribution is -2.11. The molecule has 0 aliphatic rings. The molecular weight excluding hydrogens is 306 g/mol. The van der Waals surface area contributed by atoms with E-state index in [0.29, 0.717) is 17.6 Å². The third kappa shape index (κ3) is 4.72. The van der Waals surface area contributed by atoms with Crippen LogP contribution in [-0.2, 0) is 5.41 Å². The summed E-state index contributed by atoms with van der Waals surface area (Å²) in [6, 6.07) is 12.4. The minimum absolute atomic E-state index is 0.101. The van der Waals surface area contributed by atoms with Crippen molar-refractivity contribution in [1.82, 2.24) is 0 Å². The molecule has 0 saturated carbocycles. The number of nitrogens with zero attached hydrogens (tertiary/aromatic N) is 1. The van der Waals surface area contributed by atoms with Crippen molar-refractivity contribution < 1.29 is 5.11 Å². The molecule has 0 unspecified atom stereocenters. The highest BCUT2D eigenvalue weighted by atomic mass is 16.3. The quantitative estimate of drug-likeness (QED) is 0.619. The maximum Gasteiger partial charge on any atom is 0.128 e. The number of phenols is 1. The molecule has 2 nitrogen and oxygen atoms in total. The predicted octanol–water partition coefficient (Wildman–Crippen LogP) is 6.69. The van der Waals surface area contributed by atoms with E-state index < -0.39 is 0 Å². The normalized spacial score (nSPS) is 12.5. The summed E-state index contributed by atoms with van der Waals surface area (Å²) < 4.78 is 0. The Kier molecular flexibility index (Phi) is 5.72. The average molecular weight is 338 g/mol. The van der Waals surface area contributed by atoms with Gasteiger partial charge in [-0.1, -0.05) is 66.7 Å². The molecule has 0 aliphatic heterocycles. The van der Waals surface area contributed by atoms with Crippen molar-refractivity contribution in [3.63, 3.8) is 0 Å². The van der Waals surface area contributed by atoms with Crippen LogP contribution in [0.4, 0.5) is 5.69 Å². The van der Waals surface area contributed by atoms with Gasteiger partial charge in [0.05, 0.1) is 5.69 Å². The summed E-state index contributed by atoms with van der Waals surface area (Å²) in [5, 5.41) is 10.6. The largest absolute Gasteiger partial charge is 0.507 e. The van der Waals surface area contributed by atoms with Gasteiger partial charge in [-0.2, -0.15) is 0 Å². The molecule has 0 spiro atoms. The van der Waals surface area contributed by atoms with E-state index in [4.69, 9.17) is 0 Å². The Hall–Kier alpha value is -2.09. The summed E-state index contributed by atoms with van der Waals surface area (Å²) in [5.41, 5.74) is 5.13. The van der Waals surface area contributed by atoms with Crippen molar-refractivity contribution in [3.8, 4) is 5.75 Å². The van der Waals surface area contributed by atoms with Crippen LogP contribution in [0.15, 0.2) is 41.4 Å². The standard InChI is InChI=1S/C23H31NO/c1-15(2)18-11-19(16(3)4)13-20(12-18)24-14-17-9-8-10-21(22(17)25)23(5,6)7/h8-16,25H,1-7H3. The Morgan fingerprint density at radius 3 is 1.96 bits per heavy atom. The number of benzene rings is 2. The molecule has 0 atom stereocenters. The fraction of sp³-hybridized carbons (Fsp3) is 0.435. The number of phenolic OH excluding ortho intramolecular Hbond substituents is 1. The zero-order valence-corrected chi connectivity index (χ0v) is 16.6. The minimum Gasteiger partial charge on any atom is -0.507 e. The minimum atomic E-state index is -0.101. The monoisotopic (exact) mass is 337 g/mol. The molecule has 2 rings (SSSR count). The van der Waals surface area contributed by atoms with E-state index in [1.165, 1.54) is 11.1 Å². The second kappa shape index (κ2) is 7.43. The van der Waals surface area contributed by atoms with Gasteiger partial charge in [0.2, 0.25) is 0 Å². The van der Waals surface area contributed by atoms with E-state index >= 15 is 0 Å². The second-order valence-corrected chi connectivity index (χ2v) is 8.42. The summed E-state index contributed by atoms with van der Waals surface area (Å²) in [4.78, 5) is 4.66. The Morgan fingerprint density at radius 2 is 1.48 bits per heavy atom. The highest BCUT2D eigenvalue weighted by molar-refractivity contribution is 5.86. The molecule has 0 aromatic heterocycles. The maximum atomic E-state index is 10.6. The molecular formula is C23H31NO. The number of aliphatic imine (C=N–C) groups is 1. The van der Waals surface area contributed by atoms with Gasteiger partial charge in [0.15, 0.2) is 0 Å². The molecule has 25 heavy (non-hydrogen) atoms. The molecule has 2 aromatic carbocycles. The predicted molar refractivity (Wildman–Crippen MR) is 109 cm³/mol. The Balaban J connectivity index is 2.43. The molecule has 0 bridgehead atoms. The Morgan fingerprint density at radius 1 is 0.920 bits per heavy atom.